The molecule has 2 heterocycles. The first-order valence-corrected chi connectivity index (χ1v) is 13.7. The second-order valence-corrected chi connectivity index (χ2v) is 11.7. The molecule has 6 amide bonds. The molecule has 2 aromatic carbocycles. The Morgan fingerprint density at radius 1 is 0.775 bits per heavy atom. The summed E-state index contributed by atoms with van der Waals surface area (Å²) in [6, 6.07) is 11.8. The monoisotopic (exact) mass is 546 g/mol. The Bertz CT molecular complexity index is 1400. The second kappa shape index (κ2) is 9.83. The van der Waals surface area contributed by atoms with Gasteiger partial charge in [0.1, 0.15) is 11.1 Å². The molecule has 2 aromatic rings. The number of nitrogens with one attached hydrogen (secondary N) is 2. The van der Waals surface area contributed by atoms with Gasteiger partial charge in [-0.25, -0.2) is 9.59 Å². The zero-order chi connectivity index (χ0) is 29.0. The van der Waals surface area contributed by atoms with Gasteiger partial charge in [-0.15, -0.1) is 0 Å². The Morgan fingerprint density at radius 2 is 1.32 bits per heavy atom. The average molecular weight is 547 g/mol. The highest BCUT2D eigenvalue weighted by atomic mass is 16.2. The van der Waals surface area contributed by atoms with Gasteiger partial charge in [0, 0.05) is 66.5 Å². The first kappa shape index (κ1) is 27.5. The van der Waals surface area contributed by atoms with Gasteiger partial charge in [0.25, 0.3) is 11.8 Å². The van der Waals surface area contributed by atoms with E-state index < -0.39 is 11.1 Å². The number of anilines is 2. The third-order valence-corrected chi connectivity index (χ3v) is 8.96. The Labute approximate surface area is 235 Å². The zero-order valence-electron chi connectivity index (χ0n) is 24.1. The number of hydrogen-bond acceptors (Lipinski definition) is 6. The van der Waals surface area contributed by atoms with Gasteiger partial charge >= 0.3 is 12.1 Å². The van der Waals surface area contributed by atoms with Crippen LogP contribution in [0.1, 0.15) is 35.1 Å². The first-order valence-electron chi connectivity index (χ1n) is 13.7. The SMILES string of the molecule is CN(C)c1cccc2c1CCC1(C2)NC(=O)NC1=O.CN1C(=O)N(C)C2(CCc3c(cccc3N(C)C)C2)C1=O. The van der Waals surface area contributed by atoms with Crippen LogP contribution in [0, 0.1) is 0 Å². The molecule has 0 radical (unpaired) electrons. The van der Waals surface area contributed by atoms with Crippen molar-refractivity contribution in [2.24, 2.45) is 0 Å². The van der Waals surface area contributed by atoms with E-state index in [-0.39, 0.29) is 23.9 Å². The van der Waals surface area contributed by atoms with Crippen molar-refractivity contribution in [3.8, 4) is 0 Å². The zero-order valence-corrected chi connectivity index (χ0v) is 24.1. The molecule has 40 heavy (non-hydrogen) atoms. The van der Waals surface area contributed by atoms with Gasteiger partial charge < -0.3 is 20.0 Å². The molecule has 2 aliphatic heterocycles. The van der Waals surface area contributed by atoms with Crippen LogP contribution in [0.2, 0.25) is 0 Å². The van der Waals surface area contributed by atoms with Crippen LogP contribution < -0.4 is 20.4 Å². The van der Waals surface area contributed by atoms with E-state index in [0.29, 0.717) is 25.7 Å². The van der Waals surface area contributed by atoms with Crippen LogP contribution in [0.3, 0.4) is 0 Å². The van der Waals surface area contributed by atoms with Crippen molar-refractivity contribution in [1.29, 1.82) is 0 Å². The van der Waals surface area contributed by atoms with E-state index in [0.717, 1.165) is 18.4 Å². The molecule has 4 aliphatic rings. The van der Waals surface area contributed by atoms with Gasteiger partial charge in [0.05, 0.1) is 0 Å². The lowest BCUT2D eigenvalue weighted by Crippen LogP contribution is -2.52. The average Bonchev–Trinajstić information content (AvgIpc) is 3.28. The standard InChI is InChI=1S/C16H21N3O2.C14H17N3O2/c1-17(2)13-7-5-6-11-10-16(9-8-12(11)13)14(20)18(3)15(21)19(16)4;1-17(2)11-5-3-4-9-8-14(7-6-10(9)11)12(18)15-13(19)16-14/h5-7H,8-10H2,1-4H3;3-5H,6-8H2,1-2H3,(H2,15,16,18,19). The number of benzene rings is 2. The summed E-state index contributed by atoms with van der Waals surface area (Å²) in [5, 5.41) is 5.14. The lowest BCUT2D eigenvalue weighted by atomic mass is 9.76. The summed E-state index contributed by atoms with van der Waals surface area (Å²) in [6.07, 6.45) is 4.15. The Balaban J connectivity index is 0.000000162. The van der Waals surface area contributed by atoms with Gasteiger partial charge in [-0.1, -0.05) is 24.3 Å². The van der Waals surface area contributed by atoms with Crippen molar-refractivity contribution >= 4 is 35.3 Å². The number of imide groups is 2. The van der Waals surface area contributed by atoms with E-state index in [4.69, 9.17) is 0 Å². The summed E-state index contributed by atoms with van der Waals surface area (Å²) < 4.78 is 0. The number of carbonyl (C=O) groups excluding carboxylic acids is 4. The van der Waals surface area contributed by atoms with Crippen LogP contribution in [-0.2, 0) is 35.3 Å². The molecule has 212 valence electrons. The van der Waals surface area contributed by atoms with E-state index in [1.165, 1.54) is 33.0 Å². The molecule has 2 aliphatic carbocycles. The van der Waals surface area contributed by atoms with Crippen LogP contribution in [0.15, 0.2) is 36.4 Å². The number of nitrogens with zero attached hydrogens (tertiary/aromatic N) is 4. The van der Waals surface area contributed by atoms with Crippen LogP contribution >= 0.6 is 0 Å². The maximum Gasteiger partial charge on any atom is 0.327 e. The van der Waals surface area contributed by atoms with Crippen LogP contribution in [-0.4, -0.2) is 87.0 Å². The highest BCUT2D eigenvalue weighted by molar-refractivity contribution is 6.08. The molecule has 0 bridgehead atoms. The molecule has 0 saturated carbocycles. The van der Waals surface area contributed by atoms with Gasteiger partial charge in [-0.05, 0) is 60.1 Å². The van der Waals surface area contributed by atoms with E-state index in [1.807, 2.05) is 46.4 Å². The Kier molecular flexibility index (Phi) is 6.76. The fraction of sp³-hybridized carbons (Fsp3) is 0.467. The normalized spacial score (nSPS) is 24.9. The van der Waals surface area contributed by atoms with Crippen LogP contribution in [0.25, 0.3) is 0 Å². The fourth-order valence-electron chi connectivity index (χ4n) is 6.72. The number of amides is 6. The fourth-order valence-corrected chi connectivity index (χ4v) is 6.72. The predicted octanol–water partition coefficient (Wildman–Crippen LogP) is 2.32. The lowest BCUT2D eigenvalue weighted by Gasteiger charge is -2.38. The van der Waals surface area contributed by atoms with Gasteiger partial charge in [0.15, 0.2) is 0 Å². The summed E-state index contributed by atoms with van der Waals surface area (Å²) in [6.45, 7) is 0. The molecule has 10 heteroatoms. The van der Waals surface area contributed by atoms with Gasteiger partial charge in [-0.3, -0.25) is 19.8 Å². The smallest absolute Gasteiger partial charge is 0.327 e. The molecular formula is C30H38N6O4. The highest BCUT2D eigenvalue weighted by Crippen LogP contribution is 2.41. The molecular weight excluding hydrogens is 508 g/mol. The minimum Gasteiger partial charge on any atom is -0.377 e. The third-order valence-electron chi connectivity index (χ3n) is 8.96. The third kappa shape index (κ3) is 4.26. The molecule has 2 unspecified atom stereocenters. The molecule has 2 saturated heterocycles. The van der Waals surface area contributed by atoms with Crippen molar-refractivity contribution in [2.75, 3.05) is 52.1 Å². The summed E-state index contributed by atoms with van der Waals surface area (Å²) in [5.74, 6) is -0.269. The maximum absolute atomic E-state index is 12.6. The number of hydrogen-bond donors (Lipinski definition) is 2. The largest absolute Gasteiger partial charge is 0.377 e. The summed E-state index contributed by atoms with van der Waals surface area (Å²) >= 11 is 0. The molecule has 0 aromatic heterocycles. The number of likely N-dealkylation sites (N-methyl/N-ethyl adjacent to an activating group) is 2. The van der Waals surface area contributed by atoms with Crippen molar-refractivity contribution in [1.82, 2.24) is 20.4 Å². The summed E-state index contributed by atoms with van der Waals surface area (Å²) in [7, 11) is 11.4. The predicted molar refractivity (Wildman–Crippen MR) is 154 cm³/mol. The number of carbonyl (C=O) groups is 4. The lowest BCUT2D eigenvalue weighted by molar-refractivity contribution is -0.132. The molecule has 10 nitrogen and oxygen atoms in total. The number of rotatable bonds is 2. The topological polar surface area (TPSA) is 105 Å². The quantitative estimate of drug-likeness (QED) is 0.561. The molecule has 2 N–H and O–H groups in total. The van der Waals surface area contributed by atoms with Gasteiger partial charge in [0.2, 0.25) is 0 Å². The molecule has 2 spiro atoms. The van der Waals surface area contributed by atoms with E-state index in [2.05, 4.69) is 38.6 Å². The van der Waals surface area contributed by atoms with Crippen molar-refractivity contribution < 1.29 is 19.2 Å². The van der Waals surface area contributed by atoms with E-state index in [1.54, 1.807) is 19.0 Å². The van der Waals surface area contributed by atoms with Crippen molar-refractivity contribution in [3.63, 3.8) is 0 Å². The van der Waals surface area contributed by atoms with Crippen LogP contribution in [0.5, 0.6) is 0 Å². The van der Waals surface area contributed by atoms with Crippen molar-refractivity contribution in [2.45, 2.75) is 49.6 Å². The molecule has 2 atom stereocenters. The first-order chi connectivity index (χ1) is 18.9. The van der Waals surface area contributed by atoms with E-state index in [9.17, 15) is 19.2 Å². The summed E-state index contributed by atoms with van der Waals surface area (Å²) in [4.78, 5) is 55.1. The molecule has 6 rings (SSSR count). The minimum absolute atomic E-state index is 0.0732. The second-order valence-electron chi connectivity index (χ2n) is 11.7. The number of urea groups is 2. The highest BCUT2D eigenvalue weighted by Gasteiger charge is 2.55. The minimum atomic E-state index is -0.741. The van der Waals surface area contributed by atoms with E-state index >= 15 is 0 Å². The number of fused-ring (bicyclic) bond motifs is 2. The Morgan fingerprint density at radius 3 is 1.80 bits per heavy atom. The van der Waals surface area contributed by atoms with Gasteiger partial charge in [-0.2, -0.15) is 0 Å². The van der Waals surface area contributed by atoms with Crippen LogP contribution in [0.4, 0.5) is 21.0 Å². The molecule has 2 fully saturated rings. The van der Waals surface area contributed by atoms with Crippen molar-refractivity contribution in [3.05, 3.63) is 58.7 Å². The summed E-state index contributed by atoms with van der Waals surface area (Å²) in [5.41, 5.74) is 5.87. The maximum atomic E-state index is 12.6. The Hall–Kier alpha value is -4.08.